The first kappa shape index (κ1) is 106. The topological polar surface area (TPSA) is 108 Å². The highest BCUT2D eigenvalue weighted by Crippen LogP contribution is 2.23. The lowest BCUT2D eigenvalue weighted by molar-refractivity contribution is -0.130. The maximum Gasteiger partial charge on any atom is 0.219 e. The number of amides is 1. The van der Waals surface area contributed by atoms with Crippen molar-refractivity contribution in [1.29, 1.82) is 0 Å². The quantitative estimate of drug-likeness (QED) is 0.214. The summed E-state index contributed by atoms with van der Waals surface area (Å²) in [5.41, 5.74) is 1.43. The van der Waals surface area contributed by atoms with Gasteiger partial charge in [0, 0.05) is 269 Å². The second-order valence-electron chi connectivity index (χ2n) is 36.2. The maximum atomic E-state index is 11.0. The molecule has 10 aliphatic rings. The highest BCUT2D eigenvalue weighted by molar-refractivity contribution is 7.99. The van der Waals surface area contributed by atoms with E-state index in [1.165, 1.54) is 115 Å². The SMILES string of the molecule is C.CC(=O)N1CCN(C(C)C)CC1.CC(C)N1CCN(C)CC1.CC(C)N1CCN(Cc2ccccc2)CC1.CC(C)N1CCNCC1.CC(C)N1CCOCC1.CC(C)N1CCSCC1.CC(C)N1C[C@@H](C)O[C@@H](C)C1.CC(C)N1C[C@@H](C)O[C@H](C)C1.CC1CC(C)CN(C(C)C)C1.CC1CN(C(C)C)CC(C)O1. The van der Waals surface area contributed by atoms with Crippen LogP contribution in [0.5, 0.6) is 0 Å². The van der Waals surface area contributed by atoms with Crippen molar-refractivity contribution in [3.8, 4) is 0 Å². The fourth-order valence-corrected chi connectivity index (χ4v) is 16.5. The molecule has 0 aromatic heterocycles. The number of nitrogens with one attached hydrogen (secondary N) is 1. The van der Waals surface area contributed by atoms with Gasteiger partial charge in [-0.05, 0) is 211 Å². The van der Waals surface area contributed by atoms with E-state index in [4.69, 9.17) is 18.9 Å². The van der Waals surface area contributed by atoms with Crippen LogP contribution in [-0.4, -0.2) is 382 Å². The smallest absolute Gasteiger partial charge is 0.219 e. The first-order valence-electron chi connectivity index (χ1n) is 44.3. The first-order valence-corrected chi connectivity index (χ1v) is 45.4. The van der Waals surface area contributed by atoms with E-state index < -0.39 is 0 Å². The molecular formula is C90H186N14O5S. The van der Waals surface area contributed by atoms with Gasteiger partial charge in [0.2, 0.25) is 5.91 Å². The van der Waals surface area contributed by atoms with Gasteiger partial charge in [-0.25, -0.2) is 0 Å². The van der Waals surface area contributed by atoms with Crippen LogP contribution in [0, 0.1) is 11.8 Å². The molecule has 10 saturated heterocycles. The molecule has 0 radical (unpaired) electrons. The van der Waals surface area contributed by atoms with Crippen LogP contribution in [0.15, 0.2) is 30.3 Å². The van der Waals surface area contributed by atoms with Gasteiger partial charge < -0.3 is 39.0 Å². The molecule has 110 heavy (non-hydrogen) atoms. The summed E-state index contributed by atoms with van der Waals surface area (Å²) in [5.74, 6) is 4.68. The van der Waals surface area contributed by atoms with Gasteiger partial charge >= 0.3 is 0 Å². The number of hydrogen-bond donors (Lipinski definition) is 1. The third-order valence-corrected chi connectivity index (χ3v) is 23.7. The van der Waals surface area contributed by atoms with Crippen molar-refractivity contribution in [2.75, 3.05) is 215 Å². The zero-order chi connectivity index (χ0) is 81.9. The molecule has 4 unspecified atom stereocenters. The highest BCUT2D eigenvalue weighted by atomic mass is 32.2. The molecule has 10 heterocycles. The molecule has 0 bridgehead atoms. The molecule has 1 aromatic rings. The Morgan fingerprint density at radius 2 is 0.655 bits per heavy atom. The first-order chi connectivity index (χ1) is 51.3. The van der Waals surface area contributed by atoms with E-state index in [-0.39, 0.29) is 13.3 Å². The van der Waals surface area contributed by atoms with Crippen LogP contribution in [0.2, 0.25) is 0 Å². The molecule has 652 valence electrons. The number of morpholine rings is 4. The van der Waals surface area contributed by atoms with E-state index in [9.17, 15) is 4.79 Å². The van der Waals surface area contributed by atoms with Gasteiger partial charge in [0.15, 0.2) is 0 Å². The minimum atomic E-state index is 0. The van der Waals surface area contributed by atoms with Crippen LogP contribution in [0.4, 0.5) is 0 Å². The molecule has 11 rings (SSSR count). The standard InChI is InChI=1S/C14H22N2.C10H21N.C9H18N2O.3C9H19NO.C8H18N2.C7H16N2.C7H15NO.C7H15NS.CH4/c1-13(2)16-10-8-15(9-11-16)12-14-6-4-3-5-7-14;1-8(2)11-6-9(3)5-10(4)7-11;1-8(2)10-4-6-11(7-5-10)9(3)12;3*1-7(2)10-5-8(3)11-9(4)6-10;1-8(2)10-6-4-9(3)5-7-10;1-7(2)9-5-3-8-4-6-9;2*1-7(2)8-3-5-9-6-4-8;/h3-7,13H,8-12H2,1-2H3;8-10H,5-7H2,1-4H3;8H,4-7H2,1-3H3;3*7-9H,5-6H2,1-4H3;8H,4-7H2,1-3H3;7-8H,3-6H2,1-2H3;2*7H,3-6H2,1-2H3;1H4/t;;;8-,9+;8-,9-;;;;;;/m....1....../s1. The molecule has 1 aromatic carbocycles. The molecule has 10 fully saturated rings. The Labute approximate surface area is 687 Å². The van der Waals surface area contributed by atoms with E-state index in [1.807, 2.05) is 4.90 Å². The third kappa shape index (κ3) is 48.3. The summed E-state index contributed by atoms with van der Waals surface area (Å²) in [6.45, 7) is 99.6. The highest BCUT2D eigenvalue weighted by Gasteiger charge is 2.28. The second-order valence-corrected chi connectivity index (χ2v) is 37.5. The van der Waals surface area contributed by atoms with Crippen LogP contribution in [-0.2, 0) is 30.3 Å². The average molecular weight is 1580 g/mol. The van der Waals surface area contributed by atoms with Crippen molar-refractivity contribution in [1.82, 2.24) is 69.0 Å². The zero-order valence-corrected chi connectivity index (χ0v) is 77.9. The fraction of sp³-hybridized carbons (Fsp3) is 0.922. The predicted molar refractivity (Wildman–Crippen MR) is 479 cm³/mol. The molecule has 0 aliphatic carbocycles. The van der Waals surface area contributed by atoms with Crippen molar-refractivity contribution < 1.29 is 23.7 Å². The summed E-state index contributed by atoms with van der Waals surface area (Å²) >= 11 is 2.07. The number of ether oxygens (including phenoxy) is 4. The Hall–Kier alpha value is -1.64. The molecule has 19 nitrogen and oxygen atoms in total. The van der Waals surface area contributed by atoms with Gasteiger partial charge in [-0.1, -0.05) is 51.6 Å². The number of carbonyl (C=O) groups excluding carboxylic acids is 1. The Morgan fingerprint density at radius 1 is 0.373 bits per heavy atom. The van der Waals surface area contributed by atoms with Gasteiger partial charge in [0.25, 0.3) is 0 Å². The van der Waals surface area contributed by atoms with E-state index >= 15 is 0 Å². The minimum absolute atomic E-state index is 0. The second kappa shape index (κ2) is 59.9. The molecule has 8 atom stereocenters. The van der Waals surface area contributed by atoms with Crippen molar-refractivity contribution in [3.05, 3.63) is 35.9 Å². The number of likely N-dealkylation sites (tertiary alicyclic amines) is 1. The monoisotopic (exact) mass is 1580 g/mol. The molecule has 10 aliphatic heterocycles. The number of thioether (sulfide) groups is 1. The van der Waals surface area contributed by atoms with Gasteiger partial charge in [-0.2, -0.15) is 11.8 Å². The van der Waals surface area contributed by atoms with E-state index in [0.29, 0.717) is 72.9 Å². The minimum Gasteiger partial charge on any atom is -0.379 e. The van der Waals surface area contributed by atoms with Crippen LogP contribution in [0.1, 0.15) is 220 Å². The van der Waals surface area contributed by atoms with Crippen molar-refractivity contribution >= 4 is 17.7 Å². The van der Waals surface area contributed by atoms with E-state index in [1.54, 1.807) is 6.92 Å². The largest absolute Gasteiger partial charge is 0.379 e. The molecular weight excluding hydrogens is 1390 g/mol. The van der Waals surface area contributed by atoms with Crippen molar-refractivity contribution in [2.45, 2.75) is 318 Å². The fourth-order valence-electron chi connectivity index (χ4n) is 15.6. The predicted octanol–water partition coefficient (Wildman–Crippen LogP) is 13.4. The van der Waals surface area contributed by atoms with Gasteiger partial charge in [0.05, 0.1) is 49.8 Å². The van der Waals surface area contributed by atoms with E-state index in [0.717, 1.165) is 147 Å². The summed E-state index contributed by atoms with van der Waals surface area (Å²) in [7, 11) is 2.19. The maximum absolute atomic E-state index is 11.0. The lowest BCUT2D eigenvalue weighted by Crippen LogP contribution is -2.50. The van der Waals surface area contributed by atoms with Crippen molar-refractivity contribution in [3.63, 3.8) is 0 Å². The Balaban J connectivity index is 0.000000613. The number of piperazine rings is 4. The summed E-state index contributed by atoms with van der Waals surface area (Å²) in [5, 5.41) is 3.33. The summed E-state index contributed by atoms with van der Waals surface area (Å²) in [6.07, 6.45) is 3.84. The van der Waals surface area contributed by atoms with Crippen LogP contribution in [0.3, 0.4) is 0 Å². The average Bonchev–Trinajstić information content (AvgIpc) is 0.884. The number of nitrogens with zero attached hydrogens (tertiary/aromatic N) is 13. The Kier molecular flexibility index (Phi) is 57.9. The Morgan fingerprint density at radius 3 is 0.945 bits per heavy atom. The molecule has 1 N–H and O–H groups in total. The number of likely N-dealkylation sites (N-methyl/N-ethyl adjacent to an activating group) is 1. The number of piperidine rings is 1. The number of carbonyl (C=O) groups is 1. The number of benzene rings is 1. The van der Waals surface area contributed by atoms with Crippen LogP contribution in [0.25, 0.3) is 0 Å². The normalized spacial score (nSPS) is 26.7. The van der Waals surface area contributed by atoms with Gasteiger partial charge in [0.1, 0.15) is 0 Å². The van der Waals surface area contributed by atoms with Crippen LogP contribution >= 0.6 is 11.8 Å². The van der Waals surface area contributed by atoms with E-state index in [2.05, 4.69) is 307 Å². The molecule has 20 heteroatoms. The molecule has 0 saturated carbocycles. The molecule has 1 amide bonds. The summed E-state index contributed by atoms with van der Waals surface area (Å²) in [6, 6.07) is 17.7. The molecule has 0 spiro atoms. The number of hydrogen-bond acceptors (Lipinski definition) is 19. The van der Waals surface area contributed by atoms with Crippen LogP contribution < -0.4 is 5.32 Å². The summed E-state index contributed by atoms with van der Waals surface area (Å²) < 4.78 is 22.1. The summed E-state index contributed by atoms with van der Waals surface area (Å²) in [4.78, 5) is 42.8. The van der Waals surface area contributed by atoms with Gasteiger partial charge in [-0.15, -0.1) is 0 Å². The lowest BCUT2D eigenvalue weighted by Gasteiger charge is -2.37. The number of rotatable bonds is 12. The lowest BCUT2D eigenvalue weighted by atomic mass is 9.91. The Bertz CT molecular complexity index is 2090. The van der Waals surface area contributed by atoms with Gasteiger partial charge in [-0.3, -0.25) is 53.8 Å². The van der Waals surface area contributed by atoms with Crippen molar-refractivity contribution in [2.24, 2.45) is 11.8 Å². The zero-order valence-electron chi connectivity index (χ0n) is 77.1. The third-order valence-electron chi connectivity index (χ3n) is 22.7.